The Kier molecular flexibility index (Phi) is 4.78. The first-order valence-corrected chi connectivity index (χ1v) is 7.18. The lowest BCUT2D eigenvalue weighted by molar-refractivity contribution is -0.143. The molecule has 4 heteroatoms. The number of hydrogen-bond donors (Lipinski definition) is 1. The predicted octanol–water partition coefficient (Wildman–Crippen LogP) is 2.98. The lowest BCUT2D eigenvalue weighted by atomic mass is 10.1. The molecule has 0 amide bonds. The Hall–Kier alpha value is -0.870. The maximum atomic E-state index is 11.2. The molecule has 1 aliphatic rings. The third-order valence-electron chi connectivity index (χ3n) is 3.24. The summed E-state index contributed by atoms with van der Waals surface area (Å²) in [7, 11) is 0. The highest BCUT2D eigenvalue weighted by Crippen LogP contribution is 2.35. The molecule has 1 N–H and O–H groups in total. The lowest BCUT2D eigenvalue weighted by Crippen LogP contribution is -2.23. The van der Waals surface area contributed by atoms with Crippen LogP contribution < -0.4 is 5.32 Å². The van der Waals surface area contributed by atoms with Gasteiger partial charge in [0.1, 0.15) is 0 Å². The monoisotopic (exact) mass is 311 g/mol. The molecular formula is C14H18BrNO2. The summed E-state index contributed by atoms with van der Waals surface area (Å²) >= 11 is 3.58. The highest BCUT2D eigenvalue weighted by atomic mass is 79.9. The Morgan fingerprint density at radius 2 is 2.39 bits per heavy atom. The van der Waals surface area contributed by atoms with E-state index in [2.05, 4.69) is 39.4 Å². The Balaban J connectivity index is 1.87. The van der Waals surface area contributed by atoms with E-state index in [0.29, 0.717) is 25.6 Å². The largest absolute Gasteiger partial charge is 0.466 e. The smallest absolute Gasteiger partial charge is 0.307 e. The van der Waals surface area contributed by atoms with Gasteiger partial charge < -0.3 is 10.1 Å². The number of benzene rings is 1. The van der Waals surface area contributed by atoms with Gasteiger partial charge in [-0.2, -0.15) is 0 Å². The number of halogens is 1. The van der Waals surface area contributed by atoms with Crippen molar-refractivity contribution in [3.63, 3.8) is 0 Å². The molecule has 0 saturated carbocycles. The number of carbonyl (C=O) groups is 1. The highest BCUT2D eigenvalue weighted by Gasteiger charge is 2.23. The van der Waals surface area contributed by atoms with Gasteiger partial charge in [0.25, 0.3) is 0 Å². The second-order valence-electron chi connectivity index (χ2n) is 4.41. The minimum atomic E-state index is -0.127. The first kappa shape index (κ1) is 13.6. The van der Waals surface area contributed by atoms with E-state index in [1.807, 2.05) is 6.92 Å². The van der Waals surface area contributed by atoms with Crippen LogP contribution in [0.5, 0.6) is 0 Å². The summed E-state index contributed by atoms with van der Waals surface area (Å²) in [6, 6.07) is 6.68. The Morgan fingerprint density at radius 3 is 3.17 bits per heavy atom. The molecule has 2 rings (SSSR count). The van der Waals surface area contributed by atoms with Crippen molar-refractivity contribution in [1.82, 2.24) is 5.32 Å². The van der Waals surface area contributed by atoms with Crippen molar-refractivity contribution in [2.45, 2.75) is 32.2 Å². The normalized spacial score (nSPS) is 17.6. The zero-order valence-electron chi connectivity index (χ0n) is 10.5. The minimum Gasteiger partial charge on any atom is -0.466 e. The first-order chi connectivity index (χ1) is 8.72. The summed E-state index contributed by atoms with van der Waals surface area (Å²) in [5.74, 6) is -0.127. The second-order valence-corrected chi connectivity index (χ2v) is 5.26. The Morgan fingerprint density at radius 1 is 1.56 bits per heavy atom. The SMILES string of the molecule is CCOC(=O)CCNC1CCc2c(Br)cccc21. The van der Waals surface area contributed by atoms with Gasteiger partial charge in [-0.25, -0.2) is 0 Å². The van der Waals surface area contributed by atoms with Gasteiger partial charge in [0.2, 0.25) is 0 Å². The third kappa shape index (κ3) is 3.12. The maximum Gasteiger partial charge on any atom is 0.307 e. The summed E-state index contributed by atoms with van der Waals surface area (Å²) in [5, 5.41) is 3.43. The topological polar surface area (TPSA) is 38.3 Å². The number of esters is 1. The van der Waals surface area contributed by atoms with Gasteiger partial charge in [0, 0.05) is 17.1 Å². The molecular weight excluding hydrogens is 294 g/mol. The summed E-state index contributed by atoms with van der Waals surface area (Å²) < 4.78 is 6.10. The molecule has 18 heavy (non-hydrogen) atoms. The molecule has 1 atom stereocenters. The van der Waals surface area contributed by atoms with Crippen LogP contribution >= 0.6 is 15.9 Å². The van der Waals surface area contributed by atoms with Crippen molar-refractivity contribution in [2.24, 2.45) is 0 Å². The summed E-state index contributed by atoms with van der Waals surface area (Å²) in [4.78, 5) is 11.2. The van der Waals surface area contributed by atoms with Gasteiger partial charge in [-0.05, 0) is 37.0 Å². The van der Waals surface area contributed by atoms with Crippen LogP contribution in [0.1, 0.15) is 36.9 Å². The molecule has 0 spiro atoms. The van der Waals surface area contributed by atoms with E-state index in [1.165, 1.54) is 15.6 Å². The quantitative estimate of drug-likeness (QED) is 0.850. The molecule has 0 fully saturated rings. The lowest BCUT2D eigenvalue weighted by Gasteiger charge is -2.13. The van der Waals surface area contributed by atoms with Gasteiger partial charge in [-0.3, -0.25) is 4.79 Å². The molecule has 1 aromatic carbocycles. The molecule has 0 heterocycles. The van der Waals surface area contributed by atoms with E-state index in [-0.39, 0.29) is 5.97 Å². The number of fused-ring (bicyclic) bond motifs is 1. The summed E-state index contributed by atoms with van der Waals surface area (Å²) in [6.45, 7) is 2.96. The van der Waals surface area contributed by atoms with E-state index >= 15 is 0 Å². The highest BCUT2D eigenvalue weighted by molar-refractivity contribution is 9.10. The van der Waals surface area contributed by atoms with E-state index in [1.54, 1.807) is 0 Å². The van der Waals surface area contributed by atoms with E-state index in [4.69, 9.17) is 4.74 Å². The molecule has 0 radical (unpaired) electrons. The van der Waals surface area contributed by atoms with Gasteiger partial charge in [0.15, 0.2) is 0 Å². The van der Waals surface area contributed by atoms with Crippen molar-refractivity contribution < 1.29 is 9.53 Å². The molecule has 0 aromatic heterocycles. The van der Waals surface area contributed by atoms with E-state index < -0.39 is 0 Å². The third-order valence-corrected chi connectivity index (χ3v) is 3.98. The van der Waals surface area contributed by atoms with Crippen LogP contribution in [0, 0.1) is 0 Å². The predicted molar refractivity (Wildman–Crippen MR) is 74.5 cm³/mol. The van der Waals surface area contributed by atoms with Crippen molar-refractivity contribution in [3.05, 3.63) is 33.8 Å². The van der Waals surface area contributed by atoms with Crippen LogP contribution in [0.3, 0.4) is 0 Å². The maximum absolute atomic E-state index is 11.2. The molecule has 0 saturated heterocycles. The molecule has 1 unspecified atom stereocenters. The van der Waals surface area contributed by atoms with Crippen molar-refractivity contribution in [2.75, 3.05) is 13.2 Å². The first-order valence-electron chi connectivity index (χ1n) is 6.38. The second kappa shape index (κ2) is 6.34. The molecule has 1 aromatic rings. The summed E-state index contributed by atoms with van der Waals surface area (Å²) in [5.41, 5.74) is 2.75. The van der Waals surface area contributed by atoms with Gasteiger partial charge >= 0.3 is 5.97 Å². The fourth-order valence-corrected chi connectivity index (χ4v) is 2.98. The van der Waals surface area contributed by atoms with E-state index in [9.17, 15) is 4.79 Å². The van der Waals surface area contributed by atoms with Gasteiger partial charge in [-0.1, -0.05) is 28.1 Å². The molecule has 98 valence electrons. The average Bonchev–Trinajstić information content (AvgIpc) is 2.75. The molecule has 1 aliphatic carbocycles. The number of rotatable bonds is 5. The Labute approximate surface area is 116 Å². The van der Waals surface area contributed by atoms with Crippen LogP contribution in [0.2, 0.25) is 0 Å². The summed E-state index contributed by atoms with van der Waals surface area (Å²) in [6.07, 6.45) is 2.63. The van der Waals surface area contributed by atoms with Crippen molar-refractivity contribution >= 4 is 21.9 Å². The van der Waals surface area contributed by atoms with Crippen LogP contribution in [0.15, 0.2) is 22.7 Å². The van der Waals surface area contributed by atoms with Crippen molar-refractivity contribution in [1.29, 1.82) is 0 Å². The van der Waals surface area contributed by atoms with Gasteiger partial charge in [-0.15, -0.1) is 0 Å². The zero-order chi connectivity index (χ0) is 13.0. The fraction of sp³-hybridized carbons (Fsp3) is 0.500. The number of nitrogens with one attached hydrogen (secondary N) is 1. The van der Waals surface area contributed by atoms with Gasteiger partial charge in [0.05, 0.1) is 13.0 Å². The fourth-order valence-electron chi connectivity index (χ4n) is 2.40. The van der Waals surface area contributed by atoms with Crippen molar-refractivity contribution in [3.8, 4) is 0 Å². The Bertz CT molecular complexity index is 434. The molecule has 3 nitrogen and oxygen atoms in total. The standard InChI is InChI=1S/C14H18BrNO2/c1-2-18-14(17)8-9-16-13-7-6-10-11(13)4-3-5-12(10)15/h3-5,13,16H,2,6-9H2,1H3. The van der Waals surface area contributed by atoms with Crippen LogP contribution in [0.25, 0.3) is 0 Å². The van der Waals surface area contributed by atoms with Crippen LogP contribution in [-0.2, 0) is 16.0 Å². The van der Waals surface area contributed by atoms with E-state index in [0.717, 1.165) is 12.8 Å². The number of ether oxygens (including phenoxy) is 1. The zero-order valence-corrected chi connectivity index (χ0v) is 12.1. The minimum absolute atomic E-state index is 0.127. The number of hydrogen-bond acceptors (Lipinski definition) is 3. The number of carbonyl (C=O) groups excluding carboxylic acids is 1. The molecule has 0 bridgehead atoms. The van der Waals surface area contributed by atoms with Crippen LogP contribution in [0.4, 0.5) is 0 Å². The molecule has 0 aliphatic heterocycles. The average molecular weight is 312 g/mol. The van der Waals surface area contributed by atoms with Crippen LogP contribution in [-0.4, -0.2) is 19.1 Å².